The summed E-state index contributed by atoms with van der Waals surface area (Å²) in [7, 11) is 0. The van der Waals surface area contributed by atoms with Crippen LogP contribution in [0.3, 0.4) is 0 Å². The van der Waals surface area contributed by atoms with Crippen molar-refractivity contribution in [3.63, 3.8) is 0 Å². The van der Waals surface area contributed by atoms with Crippen LogP contribution in [0.5, 0.6) is 0 Å². The van der Waals surface area contributed by atoms with Gasteiger partial charge in [-0.15, -0.1) is 5.10 Å². The Morgan fingerprint density at radius 3 is 2.73 bits per heavy atom. The molecule has 26 heavy (non-hydrogen) atoms. The van der Waals surface area contributed by atoms with Crippen molar-refractivity contribution in [2.75, 3.05) is 11.9 Å². The van der Waals surface area contributed by atoms with E-state index in [2.05, 4.69) is 15.6 Å². The minimum absolute atomic E-state index is 0.435. The van der Waals surface area contributed by atoms with E-state index in [0.29, 0.717) is 16.7 Å². The summed E-state index contributed by atoms with van der Waals surface area (Å²) >= 11 is 0. The van der Waals surface area contributed by atoms with Crippen LogP contribution in [0.4, 0.5) is 10.5 Å². The van der Waals surface area contributed by atoms with Crippen LogP contribution in [0, 0.1) is 6.92 Å². The normalized spacial score (nSPS) is 11.9. The standard InChI is InChI=1S/C17H17N5O4/c1-10-3-2-4-12(7-10)22-15-8-11(5-6-13(15)20-21-22)18-16(24)14(9-23)19-17(25)26/h2-8,14,19,23H,9H2,1H3,(H,18,24)(H,25,26). The number of fused-ring (bicyclic) bond motifs is 1. The van der Waals surface area contributed by atoms with Gasteiger partial charge in [0.15, 0.2) is 0 Å². The third-order valence-electron chi connectivity index (χ3n) is 3.76. The lowest BCUT2D eigenvalue weighted by molar-refractivity contribution is -0.118. The highest BCUT2D eigenvalue weighted by atomic mass is 16.4. The summed E-state index contributed by atoms with van der Waals surface area (Å²) in [4.78, 5) is 22.8. The molecule has 3 aromatic rings. The zero-order valence-electron chi connectivity index (χ0n) is 13.9. The van der Waals surface area contributed by atoms with Crippen molar-refractivity contribution in [3.05, 3.63) is 48.0 Å². The largest absolute Gasteiger partial charge is 0.465 e. The first-order valence-electron chi connectivity index (χ1n) is 7.81. The van der Waals surface area contributed by atoms with Crippen molar-refractivity contribution in [1.29, 1.82) is 0 Å². The van der Waals surface area contributed by atoms with Crippen molar-refractivity contribution in [1.82, 2.24) is 20.3 Å². The molecule has 134 valence electrons. The minimum Gasteiger partial charge on any atom is -0.465 e. The van der Waals surface area contributed by atoms with Crippen LogP contribution < -0.4 is 10.6 Å². The maximum absolute atomic E-state index is 12.1. The maximum atomic E-state index is 12.1. The number of anilines is 1. The number of aryl methyl sites for hydroxylation is 1. The van der Waals surface area contributed by atoms with E-state index in [-0.39, 0.29) is 0 Å². The lowest BCUT2D eigenvalue weighted by Crippen LogP contribution is -2.45. The number of carbonyl (C=O) groups excluding carboxylic acids is 1. The third kappa shape index (κ3) is 3.62. The monoisotopic (exact) mass is 355 g/mol. The van der Waals surface area contributed by atoms with Gasteiger partial charge in [-0.2, -0.15) is 0 Å². The second kappa shape index (κ2) is 7.19. The van der Waals surface area contributed by atoms with Gasteiger partial charge in [0.1, 0.15) is 11.6 Å². The van der Waals surface area contributed by atoms with Gasteiger partial charge in [-0.05, 0) is 42.8 Å². The van der Waals surface area contributed by atoms with Crippen molar-refractivity contribution in [3.8, 4) is 5.69 Å². The maximum Gasteiger partial charge on any atom is 0.405 e. The van der Waals surface area contributed by atoms with E-state index < -0.39 is 24.6 Å². The van der Waals surface area contributed by atoms with Crippen LogP contribution in [-0.4, -0.2) is 49.9 Å². The Morgan fingerprint density at radius 1 is 1.23 bits per heavy atom. The topological polar surface area (TPSA) is 129 Å². The predicted molar refractivity (Wildman–Crippen MR) is 94.3 cm³/mol. The molecule has 0 aliphatic carbocycles. The third-order valence-corrected chi connectivity index (χ3v) is 3.76. The summed E-state index contributed by atoms with van der Waals surface area (Å²) in [6.07, 6.45) is -1.39. The Balaban J connectivity index is 1.90. The van der Waals surface area contributed by atoms with Crippen LogP contribution in [0.2, 0.25) is 0 Å². The molecule has 4 N–H and O–H groups in total. The van der Waals surface area contributed by atoms with Gasteiger partial charge in [0, 0.05) is 5.69 Å². The van der Waals surface area contributed by atoms with Gasteiger partial charge in [-0.3, -0.25) is 4.79 Å². The highest BCUT2D eigenvalue weighted by Gasteiger charge is 2.20. The van der Waals surface area contributed by atoms with Gasteiger partial charge in [-0.1, -0.05) is 17.3 Å². The van der Waals surface area contributed by atoms with Gasteiger partial charge in [0.25, 0.3) is 0 Å². The number of amides is 2. The first-order chi connectivity index (χ1) is 12.5. The number of nitrogens with one attached hydrogen (secondary N) is 2. The second-order valence-corrected chi connectivity index (χ2v) is 5.72. The SMILES string of the molecule is Cc1cccc(-n2nnc3ccc(NC(=O)C(CO)NC(=O)O)cc32)c1. The van der Waals surface area contributed by atoms with E-state index in [9.17, 15) is 14.7 Å². The number of benzene rings is 2. The Kier molecular flexibility index (Phi) is 4.81. The lowest BCUT2D eigenvalue weighted by Gasteiger charge is -2.14. The van der Waals surface area contributed by atoms with Gasteiger partial charge in [0.2, 0.25) is 5.91 Å². The van der Waals surface area contributed by atoms with Crippen molar-refractivity contribution < 1.29 is 19.8 Å². The molecular formula is C17H17N5O4. The van der Waals surface area contributed by atoms with Gasteiger partial charge >= 0.3 is 6.09 Å². The molecule has 3 rings (SSSR count). The molecule has 2 amide bonds. The number of carbonyl (C=O) groups is 2. The second-order valence-electron chi connectivity index (χ2n) is 5.72. The highest BCUT2D eigenvalue weighted by Crippen LogP contribution is 2.21. The molecule has 0 spiro atoms. The summed E-state index contributed by atoms with van der Waals surface area (Å²) in [5.74, 6) is -0.663. The van der Waals surface area contributed by atoms with Crippen molar-refractivity contribution >= 4 is 28.7 Å². The summed E-state index contributed by atoms with van der Waals surface area (Å²) < 4.78 is 1.65. The van der Waals surface area contributed by atoms with Gasteiger partial charge in [0.05, 0.1) is 17.8 Å². The molecule has 0 saturated heterocycles. The molecular weight excluding hydrogens is 338 g/mol. The Labute approximate surface area is 148 Å². The number of aliphatic hydroxyl groups excluding tert-OH is 1. The average Bonchev–Trinajstić information content (AvgIpc) is 3.02. The summed E-state index contributed by atoms with van der Waals surface area (Å²) in [5.41, 5.74) is 3.66. The summed E-state index contributed by atoms with van der Waals surface area (Å²) in [6.45, 7) is 1.32. The summed E-state index contributed by atoms with van der Waals surface area (Å²) in [6, 6.07) is 11.5. The van der Waals surface area contributed by atoms with E-state index in [1.165, 1.54) is 0 Å². The molecule has 0 aliphatic rings. The van der Waals surface area contributed by atoms with E-state index in [1.807, 2.05) is 36.5 Å². The van der Waals surface area contributed by atoms with Crippen LogP contribution in [0.1, 0.15) is 5.56 Å². The van der Waals surface area contributed by atoms with E-state index in [4.69, 9.17) is 5.11 Å². The molecule has 0 radical (unpaired) electrons. The van der Waals surface area contributed by atoms with Gasteiger partial charge in [-0.25, -0.2) is 9.48 Å². The number of carboxylic acid groups (broad SMARTS) is 1. The molecule has 1 atom stereocenters. The van der Waals surface area contributed by atoms with E-state index in [0.717, 1.165) is 11.3 Å². The zero-order chi connectivity index (χ0) is 18.7. The summed E-state index contributed by atoms with van der Waals surface area (Å²) in [5, 5.41) is 30.7. The molecule has 0 bridgehead atoms. The number of aliphatic hydroxyl groups is 1. The van der Waals surface area contributed by atoms with Crippen LogP contribution >= 0.6 is 0 Å². The van der Waals surface area contributed by atoms with Gasteiger partial charge < -0.3 is 20.8 Å². The molecule has 9 heteroatoms. The molecule has 0 saturated carbocycles. The van der Waals surface area contributed by atoms with E-state index >= 15 is 0 Å². The predicted octanol–water partition coefficient (Wildman–Crippen LogP) is 1.30. The van der Waals surface area contributed by atoms with Crippen molar-refractivity contribution in [2.45, 2.75) is 13.0 Å². The first-order valence-corrected chi connectivity index (χ1v) is 7.81. The fraction of sp³-hybridized carbons (Fsp3) is 0.176. The number of hydrogen-bond acceptors (Lipinski definition) is 5. The molecule has 1 heterocycles. The van der Waals surface area contributed by atoms with Crippen LogP contribution in [0.15, 0.2) is 42.5 Å². The Morgan fingerprint density at radius 2 is 2.04 bits per heavy atom. The molecule has 2 aromatic carbocycles. The molecule has 9 nitrogen and oxygen atoms in total. The number of hydrogen-bond donors (Lipinski definition) is 4. The number of rotatable bonds is 5. The quantitative estimate of drug-likeness (QED) is 0.546. The average molecular weight is 355 g/mol. The first kappa shape index (κ1) is 17.4. The highest BCUT2D eigenvalue weighted by molar-refractivity contribution is 5.97. The smallest absolute Gasteiger partial charge is 0.405 e. The lowest BCUT2D eigenvalue weighted by atomic mass is 10.2. The number of nitrogens with zero attached hydrogens (tertiary/aromatic N) is 3. The van der Waals surface area contributed by atoms with E-state index in [1.54, 1.807) is 22.9 Å². The number of aromatic nitrogens is 3. The molecule has 0 aliphatic heterocycles. The minimum atomic E-state index is -1.39. The Hall–Kier alpha value is -3.46. The molecule has 1 aromatic heterocycles. The van der Waals surface area contributed by atoms with Crippen molar-refractivity contribution in [2.24, 2.45) is 0 Å². The zero-order valence-corrected chi connectivity index (χ0v) is 13.9. The Bertz CT molecular complexity index is 969. The fourth-order valence-corrected chi connectivity index (χ4v) is 2.52. The van der Waals surface area contributed by atoms with Crippen LogP contribution in [0.25, 0.3) is 16.7 Å². The molecule has 0 fully saturated rings. The van der Waals surface area contributed by atoms with Crippen LogP contribution in [-0.2, 0) is 4.79 Å². The fourth-order valence-electron chi connectivity index (χ4n) is 2.52. The molecule has 1 unspecified atom stereocenters.